The van der Waals surface area contributed by atoms with E-state index in [0.29, 0.717) is 31.9 Å². The van der Waals surface area contributed by atoms with Gasteiger partial charge in [-0.1, -0.05) is 18.2 Å². The molecule has 0 saturated carbocycles. The van der Waals surface area contributed by atoms with Gasteiger partial charge in [-0.05, 0) is 61.2 Å². The molecule has 0 radical (unpaired) electrons. The molecule has 7 heteroatoms. The van der Waals surface area contributed by atoms with Crippen LogP contribution in [0.15, 0.2) is 47.4 Å². The number of hydrogen-bond donors (Lipinski definition) is 2. The second-order valence-corrected chi connectivity index (χ2v) is 6.73. The van der Waals surface area contributed by atoms with Crippen LogP contribution in [0.5, 0.6) is 17.2 Å². The first-order chi connectivity index (χ1) is 12.5. The molecule has 26 heavy (non-hydrogen) atoms. The van der Waals surface area contributed by atoms with E-state index in [-0.39, 0.29) is 16.7 Å². The molecule has 2 atom stereocenters. The Bertz CT molecular complexity index is 738. The fraction of sp³-hybridized carbons (Fsp3) is 0.368. The first-order valence-electron chi connectivity index (χ1n) is 8.50. The van der Waals surface area contributed by atoms with E-state index < -0.39 is 11.1 Å². The molecule has 2 rings (SSSR count). The molecule has 2 N–H and O–H groups in total. The first kappa shape index (κ1) is 20.2. The molecule has 0 aliphatic heterocycles. The van der Waals surface area contributed by atoms with Gasteiger partial charge in [0.05, 0.1) is 11.5 Å². The summed E-state index contributed by atoms with van der Waals surface area (Å²) in [6, 6.07) is 12.3. The van der Waals surface area contributed by atoms with Gasteiger partial charge in [-0.2, -0.15) is 0 Å². The standard InChI is InChI=1S/C19H25NO5S/c1-3-24-17-6-4-5-7-18(17)25-11-10-20-14(2)12-15-8-9-16(21)19(13-15)26(22)23/h4-9,13-14,20-21H,3,10-12H2,1-2H3,(H,22,23)/p-1. The molecule has 0 bridgehead atoms. The van der Waals surface area contributed by atoms with Gasteiger partial charge in [0.2, 0.25) is 0 Å². The third-order valence-corrected chi connectivity index (χ3v) is 4.43. The lowest BCUT2D eigenvalue weighted by Crippen LogP contribution is -2.31. The smallest absolute Gasteiger partial charge is 0.161 e. The molecule has 2 unspecified atom stereocenters. The second kappa shape index (κ2) is 10.2. The maximum atomic E-state index is 11.1. The zero-order valence-corrected chi connectivity index (χ0v) is 15.8. The minimum Gasteiger partial charge on any atom is -0.768 e. The van der Waals surface area contributed by atoms with Crippen molar-refractivity contribution in [3.8, 4) is 17.2 Å². The monoisotopic (exact) mass is 378 g/mol. The van der Waals surface area contributed by atoms with Crippen molar-refractivity contribution in [2.24, 2.45) is 0 Å². The van der Waals surface area contributed by atoms with E-state index in [1.54, 1.807) is 6.07 Å². The minimum atomic E-state index is -2.45. The van der Waals surface area contributed by atoms with Crippen LogP contribution < -0.4 is 14.8 Å². The maximum Gasteiger partial charge on any atom is 0.161 e. The van der Waals surface area contributed by atoms with Crippen LogP contribution in [-0.4, -0.2) is 39.7 Å². The van der Waals surface area contributed by atoms with E-state index in [9.17, 15) is 13.9 Å². The summed E-state index contributed by atoms with van der Waals surface area (Å²) in [5, 5.41) is 12.9. The number of rotatable bonds is 10. The van der Waals surface area contributed by atoms with Crippen LogP contribution in [0.1, 0.15) is 19.4 Å². The van der Waals surface area contributed by atoms with Gasteiger partial charge in [0.25, 0.3) is 0 Å². The van der Waals surface area contributed by atoms with Crippen molar-refractivity contribution in [2.45, 2.75) is 31.2 Å². The SMILES string of the molecule is CCOc1ccccc1OCCNC(C)Cc1ccc(O)c(S(=O)[O-])c1. The third kappa shape index (κ3) is 6.01. The zero-order chi connectivity index (χ0) is 18.9. The van der Waals surface area contributed by atoms with Crippen LogP contribution in [0.4, 0.5) is 0 Å². The Hall–Kier alpha value is -2.09. The zero-order valence-electron chi connectivity index (χ0n) is 14.9. The van der Waals surface area contributed by atoms with Gasteiger partial charge in [0, 0.05) is 12.6 Å². The van der Waals surface area contributed by atoms with Gasteiger partial charge in [0.15, 0.2) is 11.5 Å². The lowest BCUT2D eigenvalue weighted by Gasteiger charge is -2.16. The molecular formula is C19H24NO5S-. The number of benzene rings is 2. The Kier molecular flexibility index (Phi) is 7.90. The van der Waals surface area contributed by atoms with E-state index in [1.807, 2.05) is 38.1 Å². The van der Waals surface area contributed by atoms with E-state index in [2.05, 4.69) is 5.32 Å². The number of nitrogens with one attached hydrogen (secondary N) is 1. The molecule has 2 aromatic carbocycles. The lowest BCUT2D eigenvalue weighted by atomic mass is 10.1. The quantitative estimate of drug-likeness (QED) is 0.488. The first-order valence-corrected chi connectivity index (χ1v) is 9.58. The van der Waals surface area contributed by atoms with Gasteiger partial charge in [0.1, 0.15) is 12.4 Å². The highest BCUT2D eigenvalue weighted by Crippen LogP contribution is 2.26. The van der Waals surface area contributed by atoms with Crippen LogP contribution in [-0.2, 0) is 17.5 Å². The fourth-order valence-electron chi connectivity index (χ4n) is 2.56. The predicted octanol–water partition coefficient (Wildman–Crippen LogP) is 2.63. The normalized spacial score (nSPS) is 13.2. The summed E-state index contributed by atoms with van der Waals surface area (Å²) in [6.07, 6.45) is 0.639. The van der Waals surface area contributed by atoms with E-state index >= 15 is 0 Å². The molecular weight excluding hydrogens is 354 g/mol. The molecule has 0 saturated heterocycles. The van der Waals surface area contributed by atoms with Crippen LogP contribution in [0, 0.1) is 0 Å². The van der Waals surface area contributed by atoms with Gasteiger partial charge < -0.3 is 24.4 Å². The van der Waals surface area contributed by atoms with Crippen molar-refractivity contribution in [1.82, 2.24) is 5.32 Å². The lowest BCUT2D eigenvalue weighted by molar-refractivity contribution is 0.272. The minimum absolute atomic E-state index is 0.0782. The summed E-state index contributed by atoms with van der Waals surface area (Å²) >= 11 is -2.45. The van der Waals surface area contributed by atoms with Gasteiger partial charge in [-0.25, -0.2) is 0 Å². The highest BCUT2D eigenvalue weighted by molar-refractivity contribution is 7.79. The summed E-state index contributed by atoms with van der Waals surface area (Å²) in [5.41, 5.74) is 0.838. The third-order valence-electron chi connectivity index (χ3n) is 3.75. The van der Waals surface area contributed by atoms with Crippen LogP contribution in [0.3, 0.4) is 0 Å². The largest absolute Gasteiger partial charge is 0.768 e. The highest BCUT2D eigenvalue weighted by Gasteiger charge is 2.08. The van der Waals surface area contributed by atoms with E-state index in [1.165, 1.54) is 12.1 Å². The molecule has 0 aliphatic carbocycles. The van der Waals surface area contributed by atoms with Crippen LogP contribution in [0.25, 0.3) is 0 Å². The maximum absolute atomic E-state index is 11.1. The molecule has 6 nitrogen and oxygen atoms in total. The van der Waals surface area contributed by atoms with Crippen molar-refractivity contribution >= 4 is 11.1 Å². The second-order valence-electron chi connectivity index (χ2n) is 5.82. The number of aromatic hydroxyl groups is 1. The average molecular weight is 378 g/mol. The van der Waals surface area contributed by atoms with Crippen LogP contribution >= 0.6 is 0 Å². The molecule has 2 aromatic rings. The highest BCUT2D eigenvalue weighted by atomic mass is 32.2. The van der Waals surface area contributed by atoms with Gasteiger partial charge in [-0.15, -0.1) is 0 Å². The Morgan fingerprint density at radius 1 is 1.19 bits per heavy atom. The van der Waals surface area contributed by atoms with Crippen molar-refractivity contribution in [1.29, 1.82) is 0 Å². The van der Waals surface area contributed by atoms with Crippen LogP contribution in [0.2, 0.25) is 0 Å². The summed E-state index contributed by atoms with van der Waals surface area (Å²) in [4.78, 5) is -0.0782. The summed E-state index contributed by atoms with van der Waals surface area (Å²) < 4.78 is 33.4. The Balaban J connectivity index is 1.80. The van der Waals surface area contributed by atoms with E-state index in [0.717, 1.165) is 11.3 Å². The molecule has 0 heterocycles. The summed E-state index contributed by atoms with van der Waals surface area (Å²) in [5.74, 6) is 1.21. The topological polar surface area (TPSA) is 90.8 Å². The predicted molar refractivity (Wildman–Crippen MR) is 99.6 cm³/mol. The van der Waals surface area contributed by atoms with Gasteiger partial charge >= 0.3 is 0 Å². The Labute approximate surface area is 156 Å². The Morgan fingerprint density at radius 2 is 1.88 bits per heavy atom. The van der Waals surface area contributed by atoms with Gasteiger partial charge in [-0.3, -0.25) is 4.21 Å². The number of phenols is 1. The van der Waals surface area contributed by atoms with Crippen molar-refractivity contribution in [3.05, 3.63) is 48.0 Å². The average Bonchev–Trinajstić information content (AvgIpc) is 2.61. The fourth-order valence-corrected chi connectivity index (χ4v) is 3.04. The summed E-state index contributed by atoms with van der Waals surface area (Å²) in [7, 11) is 0. The molecule has 0 amide bonds. The van der Waals surface area contributed by atoms with Crippen molar-refractivity contribution in [3.63, 3.8) is 0 Å². The Morgan fingerprint density at radius 3 is 2.54 bits per heavy atom. The number of phenolic OH excluding ortho intramolecular Hbond substituents is 1. The molecule has 0 aliphatic rings. The molecule has 0 spiro atoms. The molecule has 0 aromatic heterocycles. The van der Waals surface area contributed by atoms with E-state index in [4.69, 9.17) is 9.47 Å². The summed E-state index contributed by atoms with van der Waals surface area (Å²) in [6.45, 7) is 5.64. The molecule has 142 valence electrons. The van der Waals surface area contributed by atoms with Crippen molar-refractivity contribution in [2.75, 3.05) is 19.8 Å². The number of hydrogen-bond acceptors (Lipinski definition) is 6. The number of para-hydroxylation sites is 2. The van der Waals surface area contributed by atoms with Crippen molar-refractivity contribution < 1.29 is 23.3 Å². The molecule has 0 fully saturated rings. The number of ether oxygens (including phenoxy) is 2.